The summed E-state index contributed by atoms with van der Waals surface area (Å²) in [6.45, 7) is 2.41. The molecular formula is C26H31N3O. The molecule has 0 saturated heterocycles. The molecule has 3 N–H and O–H groups in total. The van der Waals surface area contributed by atoms with E-state index >= 15 is 0 Å². The third-order valence-electron chi connectivity index (χ3n) is 4.56. The predicted molar refractivity (Wildman–Crippen MR) is 126 cm³/mol. The van der Waals surface area contributed by atoms with Gasteiger partial charge in [-0.1, -0.05) is 84.9 Å². The largest absolute Gasteiger partial charge is 0.358 e. The summed E-state index contributed by atoms with van der Waals surface area (Å²) in [6, 6.07) is 28.7. The molecule has 3 aromatic rings. The number of rotatable bonds is 6. The molecule has 0 bridgehead atoms. The number of nitrogens with zero attached hydrogens (tertiary/aromatic N) is 1. The van der Waals surface area contributed by atoms with Crippen LogP contribution in [0.25, 0.3) is 0 Å². The maximum atomic E-state index is 9.88. The van der Waals surface area contributed by atoms with E-state index in [1.807, 2.05) is 54.7 Å². The summed E-state index contributed by atoms with van der Waals surface area (Å²) in [4.78, 5) is 14.1. The molecule has 0 unspecified atom stereocenters. The fourth-order valence-corrected chi connectivity index (χ4v) is 2.97. The molecule has 3 aromatic carbocycles. The Morgan fingerprint density at radius 3 is 2.03 bits per heavy atom. The number of nitrogens with two attached hydrogens (primary N) is 1. The third kappa shape index (κ3) is 9.30. The second kappa shape index (κ2) is 14.7. The molecule has 1 aliphatic rings. The predicted octanol–water partition coefficient (Wildman–Crippen LogP) is 3.82. The van der Waals surface area contributed by atoms with Crippen molar-refractivity contribution in [3.63, 3.8) is 0 Å². The first-order chi connectivity index (χ1) is 14.8. The number of carbonyl (C=O) groups excluding carboxylic acids is 1. The van der Waals surface area contributed by atoms with E-state index in [9.17, 15) is 4.79 Å². The van der Waals surface area contributed by atoms with Crippen LogP contribution in [0, 0.1) is 0 Å². The number of aliphatic imine (C=N–C) groups is 1. The highest BCUT2D eigenvalue weighted by atomic mass is 16.1. The number of amides is 1. The molecule has 30 heavy (non-hydrogen) atoms. The Bertz CT molecular complexity index is 864. The quantitative estimate of drug-likeness (QED) is 0.487. The normalized spacial score (nSPS) is 11.1. The topological polar surface area (TPSA) is 67.5 Å². The van der Waals surface area contributed by atoms with Crippen LogP contribution in [-0.4, -0.2) is 32.3 Å². The van der Waals surface area contributed by atoms with Crippen LogP contribution in [0.1, 0.15) is 22.3 Å². The van der Waals surface area contributed by atoms with Gasteiger partial charge in [0.05, 0.1) is 0 Å². The van der Waals surface area contributed by atoms with Crippen LogP contribution in [0.4, 0.5) is 0 Å². The summed E-state index contributed by atoms with van der Waals surface area (Å²) in [5.41, 5.74) is 10.6. The Morgan fingerprint density at radius 2 is 1.43 bits per heavy atom. The van der Waals surface area contributed by atoms with Crippen molar-refractivity contribution in [2.24, 2.45) is 10.7 Å². The van der Waals surface area contributed by atoms with Gasteiger partial charge in [-0.3, -0.25) is 9.79 Å². The lowest BCUT2D eigenvalue weighted by molar-refractivity contribution is -0.109. The van der Waals surface area contributed by atoms with Gasteiger partial charge in [-0.2, -0.15) is 0 Å². The Kier molecular flexibility index (Phi) is 11.3. The molecule has 0 radical (unpaired) electrons. The Balaban J connectivity index is 0.000000161. The van der Waals surface area contributed by atoms with Crippen LogP contribution >= 0.6 is 0 Å². The molecule has 0 aliphatic carbocycles. The van der Waals surface area contributed by atoms with Crippen LogP contribution in [0.5, 0.6) is 0 Å². The van der Waals surface area contributed by atoms with E-state index in [0.29, 0.717) is 6.54 Å². The van der Waals surface area contributed by atoms with Gasteiger partial charge >= 0.3 is 0 Å². The highest BCUT2D eigenvalue weighted by molar-refractivity contribution is 5.82. The van der Waals surface area contributed by atoms with Gasteiger partial charge in [0.15, 0.2) is 0 Å². The van der Waals surface area contributed by atoms with Crippen LogP contribution in [0.2, 0.25) is 0 Å². The number of nitrogens with one attached hydrogen (secondary N) is 1. The van der Waals surface area contributed by atoms with Crippen LogP contribution in [0.3, 0.4) is 0 Å². The monoisotopic (exact) mass is 401 g/mol. The maximum Gasteiger partial charge on any atom is 0.207 e. The standard InChI is InChI=1S/C9H11NO.C9H9N.C8H11N/c11-8-10-7-6-9-4-2-1-3-5-9;1-2-4-9-7-10-6-5-8(9)3-1;9-7-6-8-4-2-1-3-5-8/h1-5,8H,6-7H2,(H,10,11);1-4,7H,5-6H2;1-5H,6-7,9H2. The minimum absolute atomic E-state index is 0.716. The number of fused-ring (bicyclic) bond motifs is 1. The van der Waals surface area contributed by atoms with Crippen molar-refractivity contribution in [1.82, 2.24) is 5.32 Å². The van der Waals surface area contributed by atoms with Gasteiger partial charge in [0.2, 0.25) is 6.41 Å². The summed E-state index contributed by atoms with van der Waals surface area (Å²) in [7, 11) is 0. The van der Waals surface area contributed by atoms with E-state index in [4.69, 9.17) is 5.73 Å². The van der Waals surface area contributed by atoms with Crippen LogP contribution < -0.4 is 11.1 Å². The Morgan fingerprint density at radius 1 is 0.833 bits per heavy atom. The fourth-order valence-electron chi connectivity index (χ4n) is 2.97. The van der Waals surface area contributed by atoms with Crippen molar-refractivity contribution in [3.8, 4) is 0 Å². The molecule has 0 saturated carbocycles. The van der Waals surface area contributed by atoms with Crippen molar-refractivity contribution in [3.05, 3.63) is 107 Å². The van der Waals surface area contributed by atoms with Crippen molar-refractivity contribution >= 4 is 12.6 Å². The molecule has 4 nitrogen and oxygen atoms in total. The average Bonchev–Trinajstić information content (AvgIpc) is 2.82. The smallest absolute Gasteiger partial charge is 0.207 e. The van der Waals surface area contributed by atoms with Crippen LogP contribution in [-0.2, 0) is 24.1 Å². The molecule has 4 rings (SSSR count). The molecule has 1 amide bonds. The van der Waals surface area contributed by atoms with Gasteiger partial charge in [-0.25, -0.2) is 0 Å². The summed E-state index contributed by atoms with van der Waals surface area (Å²) >= 11 is 0. The summed E-state index contributed by atoms with van der Waals surface area (Å²) in [5.74, 6) is 0. The van der Waals surface area contributed by atoms with E-state index < -0.39 is 0 Å². The first-order valence-electron chi connectivity index (χ1n) is 10.4. The van der Waals surface area contributed by atoms with E-state index in [2.05, 4.69) is 46.7 Å². The highest BCUT2D eigenvalue weighted by Gasteiger charge is 2.01. The average molecular weight is 402 g/mol. The van der Waals surface area contributed by atoms with Crippen molar-refractivity contribution in [2.75, 3.05) is 19.6 Å². The SMILES string of the molecule is C1=NCCc2ccccc21.NCCc1ccccc1.O=CNCCc1ccccc1. The van der Waals surface area contributed by atoms with Gasteiger partial charge in [0, 0.05) is 19.3 Å². The number of hydrogen-bond acceptors (Lipinski definition) is 3. The van der Waals surface area contributed by atoms with Crippen LogP contribution in [0.15, 0.2) is 89.9 Å². The van der Waals surface area contributed by atoms with Crippen molar-refractivity contribution in [2.45, 2.75) is 19.3 Å². The molecule has 0 spiro atoms. The van der Waals surface area contributed by atoms with E-state index in [-0.39, 0.29) is 0 Å². The fraction of sp³-hybridized carbons (Fsp3) is 0.231. The molecule has 0 aromatic heterocycles. The molecule has 156 valence electrons. The summed E-state index contributed by atoms with van der Waals surface area (Å²) < 4.78 is 0. The Labute approximate surface area is 179 Å². The zero-order chi connectivity index (χ0) is 21.3. The minimum atomic E-state index is 0.716. The molecular weight excluding hydrogens is 370 g/mol. The highest BCUT2D eigenvalue weighted by Crippen LogP contribution is 2.10. The summed E-state index contributed by atoms with van der Waals surface area (Å²) in [5, 5.41) is 2.62. The molecule has 1 heterocycles. The Hall–Kier alpha value is -3.24. The molecule has 0 fully saturated rings. The van der Waals surface area contributed by atoms with Gasteiger partial charge in [0.25, 0.3) is 0 Å². The molecule has 0 atom stereocenters. The zero-order valence-corrected chi connectivity index (χ0v) is 17.4. The van der Waals surface area contributed by atoms with E-state index in [1.54, 1.807) is 0 Å². The second-order valence-electron chi connectivity index (χ2n) is 6.82. The van der Waals surface area contributed by atoms with Gasteiger partial charge in [-0.05, 0) is 48.1 Å². The molecule has 4 heteroatoms. The van der Waals surface area contributed by atoms with Crippen molar-refractivity contribution < 1.29 is 4.79 Å². The number of carbonyl (C=O) groups is 1. The third-order valence-corrected chi connectivity index (χ3v) is 4.56. The maximum absolute atomic E-state index is 9.88. The van der Waals surface area contributed by atoms with Gasteiger partial charge in [-0.15, -0.1) is 0 Å². The molecule has 1 aliphatic heterocycles. The first kappa shape index (κ1) is 23.0. The number of hydrogen-bond donors (Lipinski definition) is 2. The second-order valence-corrected chi connectivity index (χ2v) is 6.82. The lowest BCUT2D eigenvalue weighted by atomic mass is 10.0. The van der Waals surface area contributed by atoms with Gasteiger partial charge in [0.1, 0.15) is 0 Å². The van der Waals surface area contributed by atoms with E-state index in [1.165, 1.54) is 22.3 Å². The van der Waals surface area contributed by atoms with Crippen molar-refractivity contribution in [1.29, 1.82) is 0 Å². The zero-order valence-electron chi connectivity index (χ0n) is 17.4. The summed E-state index contributed by atoms with van der Waals surface area (Å²) in [6.07, 6.45) is 5.68. The lowest BCUT2D eigenvalue weighted by Gasteiger charge is -2.07. The van der Waals surface area contributed by atoms with E-state index in [0.717, 1.165) is 38.8 Å². The number of benzene rings is 3. The minimum Gasteiger partial charge on any atom is -0.358 e. The van der Waals surface area contributed by atoms with Gasteiger partial charge < -0.3 is 11.1 Å². The first-order valence-corrected chi connectivity index (χ1v) is 10.4. The lowest BCUT2D eigenvalue weighted by Crippen LogP contribution is -2.14.